The van der Waals surface area contributed by atoms with Gasteiger partial charge in [-0.3, -0.25) is 0 Å². The smallest absolute Gasteiger partial charge is 0.450 e. The molecule has 0 aromatic carbocycles. The van der Waals surface area contributed by atoms with Crippen LogP contribution in [0, 0.1) is 118 Å². The van der Waals surface area contributed by atoms with Crippen LogP contribution in [0.4, 0.5) is 4.79 Å². The molecule has 0 aliphatic carbocycles. The average molecular weight is 567 g/mol. The summed E-state index contributed by atoms with van der Waals surface area (Å²) in [4.78, 5) is 8.56. The maximum atomic E-state index is 8.56. The van der Waals surface area contributed by atoms with Gasteiger partial charge in [0.1, 0.15) is 0 Å². The molecule has 0 aliphatic rings. The second-order valence-corrected chi connectivity index (χ2v) is 0.283. The molecule has 2 N–H and O–H groups in total. The van der Waals surface area contributed by atoms with E-state index in [0.717, 1.165) is 0 Å². The maximum Gasteiger partial charge on any atom is 0.503 e. The first kappa shape index (κ1) is 37.5. The Morgan fingerprint density at radius 2 is 1.22 bits per heavy atom. The zero-order valence-corrected chi connectivity index (χ0v) is 14.8. The number of hydrogen-bond donors (Lipinski definition) is 2. The molecule has 0 aromatic heterocycles. The zero-order valence-electron chi connectivity index (χ0n) is 3.73. The summed E-state index contributed by atoms with van der Waals surface area (Å²) >= 11 is 0. The second-order valence-electron chi connectivity index (χ2n) is 0.283. The topological polar surface area (TPSA) is 57.5 Å². The van der Waals surface area contributed by atoms with Gasteiger partial charge in [0, 0.05) is 135 Å². The number of carboxylic acid groups (broad SMARTS) is 2. The van der Waals surface area contributed by atoms with Gasteiger partial charge in [-0.25, -0.2) is 4.79 Å². The van der Waals surface area contributed by atoms with Crippen LogP contribution in [0.2, 0.25) is 0 Å². The van der Waals surface area contributed by atoms with Crippen molar-refractivity contribution in [3.63, 3.8) is 0 Å². The molecular formula is CH4CeFeLaMgNdO3. The summed E-state index contributed by atoms with van der Waals surface area (Å²) in [5.41, 5.74) is 0. The summed E-state index contributed by atoms with van der Waals surface area (Å²) < 4.78 is 0. The predicted molar refractivity (Wildman–Crippen MR) is 19.2 cm³/mol. The largest absolute Gasteiger partial charge is 0.503 e. The van der Waals surface area contributed by atoms with Gasteiger partial charge in [-0.15, -0.1) is 0 Å². The average Bonchev–Trinajstić information content (AvgIpc) is 0.811. The molecular weight excluding hydrogens is 563 g/mol. The van der Waals surface area contributed by atoms with Crippen LogP contribution in [0.5, 0.6) is 0 Å². The Hall–Kier alpha value is 4.48. The molecule has 0 spiro atoms. The predicted octanol–water partition coefficient (Wildman–Crippen LogP) is -0.696. The Labute approximate surface area is 174 Å². The molecule has 9 heavy (non-hydrogen) atoms. The molecule has 0 saturated carbocycles. The minimum Gasteiger partial charge on any atom is -0.450 e. The van der Waals surface area contributed by atoms with Gasteiger partial charge < -0.3 is 10.2 Å². The van der Waals surface area contributed by atoms with E-state index < -0.39 is 6.16 Å². The van der Waals surface area contributed by atoms with E-state index in [0.29, 0.717) is 0 Å². The van der Waals surface area contributed by atoms with E-state index in [1.165, 1.54) is 0 Å². The third-order valence-electron chi connectivity index (χ3n) is 0. The molecule has 0 unspecified atom stereocenters. The van der Waals surface area contributed by atoms with Gasteiger partial charge in [-0.2, -0.15) is 0 Å². The monoisotopic (exact) mass is 565 g/mol. The molecule has 0 bridgehead atoms. The second kappa shape index (κ2) is 29.4. The summed E-state index contributed by atoms with van der Waals surface area (Å²) in [6.45, 7) is 0. The summed E-state index contributed by atoms with van der Waals surface area (Å²) in [5, 5.41) is 13.9. The van der Waals surface area contributed by atoms with Crippen LogP contribution in [0.1, 0.15) is 0 Å². The molecule has 8 heteroatoms. The standard InChI is InChI=1S/CH2O3.Ce.Fe.La.Mg.Nd.2H/c2-1(3)4;;;;;;;/h(H2,2,3,4);;;;;;;. The van der Waals surface area contributed by atoms with Gasteiger partial charge >= 0.3 is 29.2 Å². The summed E-state index contributed by atoms with van der Waals surface area (Å²) in [5.74, 6) is 0. The van der Waals surface area contributed by atoms with Crippen molar-refractivity contribution in [3.05, 3.63) is 0 Å². The van der Waals surface area contributed by atoms with Gasteiger partial charge in [0.25, 0.3) is 0 Å². The molecule has 0 heterocycles. The summed E-state index contributed by atoms with van der Waals surface area (Å²) in [6.07, 6.45) is -1.83. The van der Waals surface area contributed by atoms with Gasteiger partial charge in [-0.05, 0) is 0 Å². The Morgan fingerprint density at radius 3 is 1.22 bits per heavy atom. The van der Waals surface area contributed by atoms with Crippen molar-refractivity contribution in [2.24, 2.45) is 0 Å². The van der Waals surface area contributed by atoms with Crippen molar-refractivity contribution in [1.29, 1.82) is 0 Å². The van der Waals surface area contributed by atoms with Crippen LogP contribution in [0.15, 0.2) is 0 Å². The zero-order chi connectivity index (χ0) is 3.58. The van der Waals surface area contributed by atoms with E-state index in [2.05, 4.69) is 0 Å². The Bertz CT molecular complexity index is 46.8. The van der Waals surface area contributed by atoms with Crippen LogP contribution < -0.4 is 0 Å². The van der Waals surface area contributed by atoms with E-state index >= 15 is 0 Å². The van der Waals surface area contributed by atoms with Crippen LogP contribution in [0.3, 0.4) is 0 Å². The van der Waals surface area contributed by atoms with E-state index in [1.54, 1.807) is 0 Å². The molecule has 0 saturated heterocycles. The maximum absolute atomic E-state index is 8.56. The molecule has 3 nitrogen and oxygen atoms in total. The third kappa shape index (κ3) is 68.3. The molecule has 0 aromatic rings. The van der Waals surface area contributed by atoms with Crippen LogP contribution >= 0.6 is 0 Å². The Morgan fingerprint density at radius 1 is 1.22 bits per heavy atom. The van der Waals surface area contributed by atoms with Gasteiger partial charge in [-0.1, -0.05) is 0 Å². The normalized spacial score (nSPS) is 2.67. The quantitative estimate of drug-likeness (QED) is 0.381. The third-order valence-corrected chi connectivity index (χ3v) is 0. The fraction of sp³-hybridized carbons (Fsp3) is 0. The van der Waals surface area contributed by atoms with Crippen molar-refractivity contribution in [2.75, 3.05) is 0 Å². The molecule has 0 rings (SSSR count). The van der Waals surface area contributed by atoms with Crippen LogP contribution in [0.25, 0.3) is 0 Å². The number of rotatable bonds is 0. The molecule has 1 radical (unpaired) electrons. The first-order valence-corrected chi connectivity index (χ1v) is 0.651. The fourth-order valence-electron chi connectivity index (χ4n) is 0. The van der Waals surface area contributed by atoms with Crippen molar-refractivity contribution in [3.8, 4) is 0 Å². The summed E-state index contributed by atoms with van der Waals surface area (Å²) in [7, 11) is 0. The fourth-order valence-corrected chi connectivity index (χ4v) is 0. The SMILES string of the molecule is O=C(O)O.[Ce].[Fe].[La].[MgH2].[Nd]. The van der Waals surface area contributed by atoms with E-state index in [1.807, 2.05) is 0 Å². The van der Waals surface area contributed by atoms with Crippen molar-refractivity contribution >= 4 is 29.2 Å². The van der Waals surface area contributed by atoms with Crippen molar-refractivity contribution < 1.29 is 150 Å². The first-order valence-electron chi connectivity index (χ1n) is 0.651. The van der Waals surface area contributed by atoms with Gasteiger partial charge in [0.05, 0.1) is 0 Å². The molecule has 0 amide bonds. The Balaban J connectivity index is -0.00000000450. The Kier molecular flexibility index (Phi) is 123. The minimum atomic E-state index is -1.83. The first-order chi connectivity index (χ1) is 1.73. The van der Waals surface area contributed by atoms with Crippen molar-refractivity contribution in [2.45, 2.75) is 0 Å². The van der Waals surface area contributed by atoms with E-state index in [9.17, 15) is 0 Å². The van der Waals surface area contributed by atoms with Crippen molar-refractivity contribution in [1.82, 2.24) is 0 Å². The molecule has 47 valence electrons. The molecule has 0 atom stereocenters. The molecule has 0 fully saturated rings. The van der Waals surface area contributed by atoms with Crippen LogP contribution in [-0.2, 0) is 17.1 Å². The molecule has 0 aliphatic heterocycles. The number of carbonyl (C=O) groups is 1. The van der Waals surface area contributed by atoms with Crippen LogP contribution in [-0.4, -0.2) is 39.4 Å². The van der Waals surface area contributed by atoms with Gasteiger partial charge in [0.2, 0.25) is 0 Å². The minimum absolute atomic E-state index is 0. The summed E-state index contributed by atoms with van der Waals surface area (Å²) in [6, 6.07) is 0. The van der Waals surface area contributed by atoms with Gasteiger partial charge in [0.15, 0.2) is 0 Å². The number of hydrogen-bond acceptors (Lipinski definition) is 1. The van der Waals surface area contributed by atoms with E-state index in [4.69, 9.17) is 15.0 Å². The van der Waals surface area contributed by atoms with E-state index in [-0.39, 0.29) is 158 Å².